The standard InChI is InChI=1S/C13H12F6N6O/c1-8(25-5-3-10(23-25)13(17,18)19)11(26)21-20-6-9-2-4-24(22-9)7-12(14,15)16/h2-6,8H,7H2,1H3,(H,21,26)/b20-6-/t8-/m1/s1. The van der Waals surface area contributed by atoms with E-state index in [9.17, 15) is 31.1 Å². The zero-order valence-electron chi connectivity index (χ0n) is 13.1. The SMILES string of the molecule is C[C@H](C(=O)N/N=C\c1ccn(CC(F)(F)F)n1)n1ccc(C(F)(F)F)n1. The van der Waals surface area contributed by atoms with E-state index in [0.29, 0.717) is 4.68 Å². The molecule has 2 aromatic rings. The first-order valence-electron chi connectivity index (χ1n) is 7.01. The van der Waals surface area contributed by atoms with Crippen molar-refractivity contribution in [1.82, 2.24) is 25.0 Å². The fraction of sp³-hybridized carbons (Fsp3) is 0.385. The molecule has 0 spiro atoms. The Morgan fingerprint density at radius 2 is 1.92 bits per heavy atom. The van der Waals surface area contributed by atoms with Gasteiger partial charge in [0.15, 0.2) is 5.69 Å². The maximum absolute atomic E-state index is 12.5. The molecule has 1 amide bonds. The summed E-state index contributed by atoms with van der Waals surface area (Å²) in [5, 5.41) is 10.4. The fourth-order valence-electron chi connectivity index (χ4n) is 1.80. The van der Waals surface area contributed by atoms with Crippen LogP contribution < -0.4 is 5.43 Å². The summed E-state index contributed by atoms with van der Waals surface area (Å²) in [4.78, 5) is 11.8. The van der Waals surface area contributed by atoms with Crippen molar-refractivity contribution in [3.8, 4) is 0 Å². The zero-order valence-corrected chi connectivity index (χ0v) is 13.1. The number of amides is 1. The highest BCUT2D eigenvalue weighted by molar-refractivity contribution is 5.82. The second-order valence-electron chi connectivity index (χ2n) is 5.14. The van der Waals surface area contributed by atoms with Crippen LogP contribution in [0.15, 0.2) is 29.6 Å². The van der Waals surface area contributed by atoms with E-state index in [1.807, 2.05) is 0 Å². The van der Waals surface area contributed by atoms with Crippen molar-refractivity contribution in [3.63, 3.8) is 0 Å². The molecular formula is C13H12F6N6O. The normalized spacial score (nSPS) is 14.0. The van der Waals surface area contributed by atoms with Gasteiger partial charge in [-0.15, -0.1) is 0 Å². The number of carbonyl (C=O) groups is 1. The van der Waals surface area contributed by atoms with Gasteiger partial charge in [-0.05, 0) is 19.1 Å². The number of hydrogen-bond acceptors (Lipinski definition) is 4. The number of carbonyl (C=O) groups excluding carboxylic acids is 1. The third-order valence-corrected chi connectivity index (χ3v) is 3.05. The van der Waals surface area contributed by atoms with Crippen molar-refractivity contribution >= 4 is 12.1 Å². The van der Waals surface area contributed by atoms with Crippen LogP contribution in [0.1, 0.15) is 24.4 Å². The average molecular weight is 382 g/mol. The van der Waals surface area contributed by atoms with Crippen molar-refractivity contribution in [2.45, 2.75) is 31.9 Å². The van der Waals surface area contributed by atoms with Crippen LogP contribution in [0.4, 0.5) is 26.3 Å². The van der Waals surface area contributed by atoms with Crippen LogP contribution in [0.3, 0.4) is 0 Å². The van der Waals surface area contributed by atoms with Gasteiger partial charge in [-0.3, -0.25) is 14.2 Å². The Bertz CT molecular complexity index is 790. The number of nitrogens with zero attached hydrogens (tertiary/aromatic N) is 5. The molecule has 2 rings (SSSR count). The molecule has 0 radical (unpaired) electrons. The molecular weight excluding hydrogens is 370 g/mol. The summed E-state index contributed by atoms with van der Waals surface area (Å²) in [6.07, 6.45) is -5.98. The van der Waals surface area contributed by atoms with Gasteiger partial charge in [-0.2, -0.15) is 41.6 Å². The molecule has 0 saturated carbocycles. The number of alkyl halides is 6. The van der Waals surface area contributed by atoms with Gasteiger partial charge in [-0.1, -0.05) is 0 Å². The fourth-order valence-corrected chi connectivity index (χ4v) is 1.80. The third-order valence-electron chi connectivity index (χ3n) is 3.05. The highest BCUT2D eigenvalue weighted by Gasteiger charge is 2.34. The van der Waals surface area contributed by atoms with Crippen molar-refractivity contribution in [1.29, 1.82) is 0 Å². The van der Waals surface area contributed by atoms with Crippen LogP contribution >= 0.6 is 0 Å². The van der Waals surface area contributed by atoms with Crippen LogP contribution in [0.25, 0.3) is 0 Å². The lowest BCUT2D eigenvalue weighted by molar-refractivity contribution is -0.143. The second kappa shape index (κ2) is 7.17. The van der Waals surface area contributed by atoms with Gasteiger partial charge in [0.1, 0.15) is 18.3 Å². The number of rotatable bonds is 5. The molecule has 0 aliphatic heterocycles. The van der Waals surface area contributed by atoms with Gasteiger partial charge in [-0.25, -0.2) is 5.43 Å². The maximum Gasteiger partial charge on any atom is 0.435 e. The van der Waals surface area contributed by atoms with Crippen molar-refractivity contribution < 1.29 is 31.1 Å². The zero-order chi connectivity index (χ0) is 19.5. The van der Waals surface area contributed by atoms with Crippen LogP contribution in [0.2, 0.25) is 0 Å². The lowest BCUT2D eigenvalue weighted by Gasteiger charge is -2.10. The predicted molar refractivity (Wildman–Crippen MR) is 76.0 cm³/mol. The van der Waals surface area contributed by atoms with E-state index in [1.165, 1.54) is 13.0 Å². The molecule has 7 nitrogen and oxygen atoms in total. The lowest BCUT2D eigenvalue weighted by Crippen LogP contribution is -2.28. The molecule has 1 atom stereocenters. The van der Waals surface area contributed by atoms with Gasteiger partial charge in [0.2, 0.25) is 0 Å². The third kappa shape index (κ3) is 5.32. The number of halogens is 6. The number of hydrogen-bond donors (Lipinski definition) is 1. The maximum atomic E-state index is 12.5. The predicted octanol–water partition coefficient (Wildman–Crippen LogP) is 2.37. The van der Waals surface area contributed by atoms with Gasteiger partial charge in [0, 0.05) is 12.4 Å². The Balaban J connectivity index is 1.93. The molecule has 142 valence electrons. The molecule has 0 bridgehead atoms. The van der Waals surface area contributed by atoms with Crippen LogP contribution in [0, 0.1) is 0 Å². The Hall–Kier alpha value is -2.86. The first-order valence-corrected chi connectivity index (χ1v) is 7.01. The molecule has 0 aliphatic carbocycles. The van der Waals surface area contributed by atoms with Crippen LogP contribution in [-0.4, -0.2) is 37.9 Å². The van der Waals surface area contributed by atoms with Crippen molar-refractivity contribution in [3.05, 3.63) is 35.9 Å². The number of hydrazone groups is 1. The molecule has 0 saturated heterocycles. The summed E-state index contributed by atoms with van der Waals surface area (Å²) in [6.45, 7) is 0.0289. The summed E-state index contributed by atoms with van der Waals surface area (Å²) in [7, 11) is 0. The smallest absolute Gasteiger partial charge is 0.271 e. The van der Waals surface area contributed by atoms with Crippen molar-refractivity contribution in [2.75, 3.05) is 0 Å². The van der Waals surface area contributed by atoms with Crippen LogP contribution in [0.5, 0.6) is 0 Å². The molecule has 13 heteroatoms. The van der Waals surface area contributed by atoms with Crippen molar-refractivity contribution in [2.24, 2.45) is 5.10 Å². The van der Waals surface area contributed by atoms with Gasteiger partial charge in [0.05, 0.1) is 6.21 Å². The van der Waals surface area contributed by atoms with E-state index in [0.717, 1.165) is 29.4 Å². The lowest BCUT2D eigenvalue weighted by atomic mass is 10.3. The minimum atomic E-state index is -4.63. The highest BCUT2D eigenvalue weighted by atomic mass is 19.4. The summed E-state index contributed by atoms with van der Waals surface area (Å²) < 4.78 is 75.5. The van der Waals surface area contributed by atoms with Gasteiger partial charge < -0.3 is 0 Å². The molecule has 26 heavy (non-hydrogen) atoms. The van der Waals surface area contributed by atoms with E-state index >= 15 is 0 Å². The number of nitrogens with one attached hydrogen (secondary N) is 1. The molecule has 0 unspecified atom stereocenters. The van der Waals surface area contributed by atoms with E-state index in [-0.39, 0.29) is 5.69 Å². The summed E-state index contributed by atoms with van der Waals surface area (Å²) in [5.74, 6) is -0.771. The molecule has 1 N–H and O–H groups in total. The largest absolute Gasteiger partial charge is 0.435 e. The molecule has 0 aliphatic rings. The Labute approximate surface area is 142 Å². The van der Waals surface area contributed by atoms with Crippen LogP contribution in [-0.2, 0) is 17.5 Å². The van der Waals surface area contributed by atoms with Gasteiger partial charge >= 0.3 is 12.4 Å². The van der Waals surface area contributed by atoms with E-state index in [4.69, 9.17) is 0 Å². The average Bonchev–Trinajstić information content (AvgIpc) is 3.13. The topological polar surface area (TPSA) is 77.1 Å². The first kappa shape index (κ1) is 19.5. The minimum absolute atomic E-state index is 0.0562. The van der Waals surface area contributed by atoms with E-state index in [1.54, 1.807) is 0 Å². The molecule has 0 fully saturated rings. The Morgan fingerprint density at radius 3 is 2.50 bits per heavy atom. The minimum Gasteiger partial charge on any atom is -0.271 e. The van der Waals surface area contributed by atoms with E-state index in [2.05, 4.69) is 20.7 Å². The Kier molecular flexibility index (Phi) is 5.37. The summed E-state index contributed by atoms with van der Waals surface area (Å²) in [6, 6.07) is 0.875. The second-order valence-corrected chi connectivity index (χ2v) is 5.14. The highest BCUT2D eigenvalue weighted by Crippen LogP contribution is 2.27. The summed E-state index contributed by atoms with van der Waals surface area (Å²) in [5.41, 5.74) is 0.965. The van der Waals surface area contributed by atoms with E-state index < -0.39 is 36.5 Å². The molecule has 0 aromatic carbocycles. The first-order chi connectivity index (χ1) is 12.0. The number of aromatic nitrogens is 4. The molecule has 2 heterocycles. The molecule has 2 aromatic heterocycles. The van der Waals surface area contributed by atoms with Gasteiger partial charge in [0.25, 0.3) is 5.91 Å². The Morgan fingerprint density at radius 1 is 1.23 bits per heavy atom. The quantitative estimate of drug-likeness (QED) is 0.490. The monoisotopic (exact) mass is 382 g/mol. The summed E-state index contributed by atoms with van der Waals surface area (Å²) >= 11 is 0.